The van der Waals surface area contributed by atoms with Crippen LogP contribution in [0.1, 0.15) is 6.42 Å². The number of aromatic nitrogens is 1. The number of hydrogen-bond donors (Lipinski definition) is 2. The highest BCUT2D eigenvalue weighted by molar-refractivity contribution is 7.89. The molecule has 0 bridgehead atoms. The summed E-state index contributed by atoms with van der Waals surface area (Å²) < 4.78 is 32.1. The minimum atomic E-state index is -3.52. The van der Waals surface area contributed by atoms with E-state index in [0.29, 0.717) is 24.2 Å². The average Bonchev–Trinajstić information content (AvgIpc) is 3.05. The van der Waals surface area contributed by atoms with Crippen molar-refractivity contribution in [3.63, 3.8) is 0 Å². The van der Waals surface area contributed by atoms with Crippen LogP contribution in [0.3, 0.4) is 0 Å². The van der Waals surface area contributed by atoms with E-state index in [0.717, 1.165) is 11.9 Å². The van der Waals surface area contributed by atoms with Crippen LogP contribution in [0, 0.1) is 0 Å². The van der Waals surface area contributed by atoms with Crippen LogP contribution in [0.15, 0.2) is 29.3 Å². The lowest BCUT2D eigenvalue weighted by atomic mass is 10.2. The Kier molecular flexibility index (Phi) is 3.19. The van der Waals surface area contributed by atoms with E-state index in [1.54, 1.807) is 25.3 Å². The minimum Gasteiger partial charge on any atom is -0.399 e. The Morgan fingerprint density at radius 2 is 2.25 bits per heavy atom. The molecule has 2 heterocycles. The fourth-order valence-corrected chi connectivity index (χ4v) is 4.21. The summed E-state index contributed by atoms with van der Waals surface area (Å²) in [5.41, 5.74) is 7.06. The molecule has 0 saturated carbocycles. The predicted molar refractivity (Wildman–Crippen MR) is 76.9 cm³/mol. The van der Waals surface area contributed by atoms with E-state index in [1.807, 2.05) is 0 Å². The van der Waals surface area contributed by atoms with Gasteiger partial charge in [-0.15, -0.1) is 0 Å². The summed E-state index contributed by atoms with van der Waals surface area (Å²) in [5.74, 6) is 0. The van der Waals surface area contributed by atoms with Gasteiger partial charge in [-0.1, -0.05) is 0 Å². The number of fused-ring (bicyclic) bond motifs is 1. The molecule has 1 aliphatic heterocycles. The Bertz CT molecular complexity index is 738. The number of rotatable bonds is 3. The molecule has 1 aliphatic rings. The lowest BCUT2D eigenvalue weighted by molar-refractivity contribution is 0.115. The number of nitrogens with two attached hydrogens (primary N) is 1. The smallest absolute Gasteiger partial charge is 0.245 e. The number of sulfonamides is 1. The van der Waals surface area contributed by atoms with E-state index in [2.05, 4.69) is 4.98 Å². The van der Waals surface area contributed by atoms with Gasteiger partial charge < -0.3 is 15.5 Å². The fraction of sp³-hybridized carbons (Fsp3) is 0.385. The number of aromatic amines is 1. The Labute approximate surface area is 117 Å². The normalized spacial score (nSPS) is 20.8. The maximum absolute atomic E-state index is 12.7. The summed E-state index contributed by atoms with van der Waals surface area (Å²) in [5, 5.41) is 0.630. The predicted octanol–water partition coefficient (Wildman–Crippen LogP) is 1.16. The van der Waals surface area contributed by atoms with Crippen LogP contribution >= 0.6 is 0 Å². The number of anilines is 1. The van der Waals surface area contributed by atoms with Crippen molar-refractivity contribution in [2.24, 2.45) is 0 Å². The van der Waals surface area contributed by atoms with Gasteiger partial charge in [0.05, 0.1) is 6.10 Å². The fourth-order valence-electron chi connectivity index (χ4n) is 2.57. The number of methoxy groups -OCH3 is 1. The Morgan fingerprint density at radius 1 is 1.45 bits per heavy atom. The molecule has 1 aromatic heterocycles. The van der Waals surface area contributed by atoms with Crippen LogP contribution in [0.5, 0.6) is 0 Å². The maximum Gasteiger partial charge on any atom is 0.245 e. The SMILES string of the molecule is COC1CCN(S(=O)(=O)c2c[nH]c3ccc(N)cc23)C1. The molecule has 20 heavy (non-hydrogen) atoms. The molecule has 0 amide bonds. The summed E-state index contributed by atoms with van der Waals surface area (Å²) >= 11 is 0. The van der Waals surface area contributed by atoms with Crippen LogP contribution in [-0.4, -0.2) is 44.0 Å². The van der Waals surface area contributed by atoms with Crippen LogP contribution in [0.2, 0.25) is 0 Å². The van der Waals surface area contributed by atoms with Crippen LogP contribution in [0.4, 0.5) is 5.69 Å². The monoisotopic (exact) mass is 295 g/mol. The van der Waals surface area contributed by atoms with Crippen LogP contribution < -0.4 is 5.73 Å². The van der Waals surface area contributed by atoms with Crippen LogP contribution in [-0.2, 0) is 14.8 Å². The molecule has 2 aromatic rings. The zero-order chi connectivity index (χ0) is 14.3. The molecule has 3 N–H and O–H groups in total. The topological polar surface area (TPSA) is 88.4 Å². The summed E-state index contributed by atoms with van der Waals surface area (Å²) in [6.45, 7) is 0.879. The van der Waals surface area contributed by atoms with Crippen LogP contribution in [0.25, 0.3) is 10.9 Å². The number of nitrogens with zero attached hydrogens (tertiary/aromatic N) is 1. The van der Waals surface area contributed by atoms with Gasteiger partial charge in [0.15, 0.2) is 0 Å². The van der Waals surface area contributed by atoms with Gasteiger partial charge in [-0.3, -0.25) is 0 Å². The quantitative estimate of drug-likeness (QED) is 0.832. The molecule has 1 saturated heterocycles. The largest absolute Gasteiger partial charge is 0.399 e. The number of benzene rings is 1. The second-order valence-electron chi connectivity index (χ2n) is 4.97. The molecule has 1 atom stereocenters. The third-order valence-corrected chi connectivity index (χ3v) is 5.63. The molecule has 6 nitrogen and oxygen atoms in total. The molecule has 1 fully saturated rings. The number of hydrogen-bond acceptors (Lipinski definition) is 4. The molecule has 7 heteroatoms. The van der Waals surface area contributed by atoms with E-state index in [4.69, 9.17) is 10.5 Å². The first-order chi connectivity index (χ1) is 9.52. The number of ether oxygens (including phenoxy) is 1. The highest BCUT2D eigenvalue weighted by Crippen LogP contribution is 2.29. The third-order valence-electron chi connectivity index (χ3n) is 3.73. The highest BCUT2D eigenvalue weighted by Gasteiger charge is 2.33. The molecule has 1 unspecified atom stereocenters. The van der Waals surface area contributed by atoms with Gasteiger partial charge in [0.2, 0.25) is 10.0 Å². The van der Waals surface area contributed by atoms with Gasteiger partial charge in [0, 0.05) is 43.0 Å². The van der Waals surface area contributed by atoms with Crippen molar-refractivity contribution >= 4 is 26.6 Å². The van der Waals surface area contributed by atoms with E-state index >= 15 is 0 Å². The van der Waals surface area contributed by atoms with Crippen molar-refractivity contribution in [2.75, 3.05) is 25.9 Å². The van der Waals surface area contributed by atoms with E-state index < -0.39 is 10.0 Å². The number of nitrogen functional groups attached to an aromatic ring is 1. The molecule has 1 aromatic carbocycles. The zero-order valence-corrected chi connectivity index (χ0v) is 12.0. The summed E-state index contributed by atoms with van der Waals surface area (Å²) in [6.07, 6.45) is 2.22. The van der Waals surface area contributed by atoms with Gasteiger partial charge in [0.25, 0.3) is 0 Å². The zero-order valence-electron chi connectivity index (χ0n) is 11.2. The summed E-state index contributed by atoms with van der Waals surface area (Å²) in [7, 11) is -1.91. The molecule has 0 radical (unpaired) electrons. The van der Waals surface area contributed by atoms with Crippen molar-refractivity contribution in [3.8, 4) is 0 Å². The molecule has 108 valence electrons. The second kappa shape index (κ2) is 4.76. The maximum atomic E-state index is 12.7. The minimum absolute atomic E-state index is 0.0277. The van der Waals surface area contributed by atoms with E-state index in [1.165, 1.54) is 10.5 Å². The second-order valence-corrected chi connectivity index (χ2v) is 6.87. The van der Waals surface area contributed by atoms with Crippen molar-refractivity contribution < 1.29 is 13.2 Å². The Hall–Kier alpha value is -1.57. The van der Waals surface area contributed by atoms with E-state index in [-0.39, 0.29) is 11.0 Å². The van der Waals surface area contributed by atoms with Gasteiger partial charge in [-0.25, -0.2) is 8.42 Å². The van der Waals surface area contributed by atoms with Crippen molar-refractivity contribution in [1.82, 2.24) is 9.29 Å². The summed E-state index contributed by atoms with van der Waals surface area (Å²) in [6, 6.07) is 5.21. The highest BCUT2D eigenvalue weighted by atomic mass is 32.2. The van der Waals surface area contributed by atoms with Gasteiger partial charge >= 0.3 is 0 Å². The van der Waals surface area contributed by atoms with Gasteiger partial charge in [0.1, 0.15) is 4.90 Å². The molecular formula is C13H17N3O3S. The first-order valence-electron chi connectivity index (χ1n) is 6.42. The Morgan fingerprint density at radius 3 is 2.95 bits per heavy atom. The van der Waals surface area contributed by atoms with Crippen molar-refractivity contribution in [1.29, 1.82) is 0 Å². The number of H-pyrrole nitrogens is 1. The third kappa shape index (κ3) is 2.07. The lowest BCUT2D eigenvalue weighted by Gasteiger charge is -2.15. The molecular weight excluding hydrogens is 278 g/mol. The molecule has 0 spiro atoms. The van der Waals surface area contributed by atoms with Gasteiger partial charge in [-0.05, 0) is 24.6 Å². The number of nitrogens with one attached hydrogen (secondary N) is 1. The van der Waals surface area contributed by atoms with Gasteiger partial charge in [-0.2, -0.15) is 4.31 Å². The molecule has 0 aliphatic carbocycles. The molecule has 3 rings (SSSR count). The Balaban J connectivity index is 2.03. The first-order valence-corrected chi connectivity index (χ1v) is 7.86. The van der Waals surface area contributed by atoms with Crippen molar-refractivity contribution in [3.05, 3.63) is 24.4 Å². The van der Waals surface area contributed by atoms with Crippen molar-refractivity contribution in [2.45, 2.75) is 17.4 Å². The van der Waals surface area contributed by atoms with E-state index in [9.17, 15) is 8.42 Å². The first kappa shape index (κ1) is 13.4. The standard InChI is InChI=1S/C13H17N3O3S/c1-19-10-4-5-16(8-10)20(17,18)13-7-15-12-3-2-9(14)6-11(12)13/h2-3,6-7,10,15H,4-5,8,14H2,1H3. The summed E-state index contributed by atoms with van der Waals surface area (Å²) in [4.78, 5) is 3.25. The average molecular weight is 295 g/mol. The lowest BCUT2D eigenvalue weighted by Crippen LogP contribution is -2.30.